The highest BCUT2D eigenvalue weighted by atomic mass is 16.5. The van der Waals surface area contributed by atoms with E-state index >= 15 is 0 Å². The summed E-state index contributed by atoms with van der Waals surface area (Å²) in [7, 11) is 0. The average Bonchev–Trinajstić information content (AvgIpc) is 2.79. The average molecular weight is 404 g/mol. The number of hydrogen-bond acceptors (Lipinski definition) is 4. The van der Waals surface area contributed by atoms with Crippen LogP contribution in [0.3, 0.4) is 0 Å². The van der Waals surface area contributed by atoms with E-state index in [1.54, 1.807) is 0 Å². The molecular formula is C26H29NO3. The Labute approximate surface area is 178 Å². The Bertz CT molecular complexity index is 988. The highest BCUT2D eigenvalue weighted by molar-refractivity contribution is 5.81. The Morgan fingerprint density at radius 3 is 2.77 bits per heavy atom. The fraction of sp³-hybridized carbons (Fsp3) is 0.269. The summed E-state index contributed by atoms with van der Waals surface area (Å²) in [5.74, 6) is -0.0847. The van der Waals surface area contributed by atoms with Crippen molar-refractivity contribution in [3.8, 4) is 11.1 Å². The molecule has 2 aromatic carbocycles. The fourth-order valence-electron chi connectivity index (χ4n) is 3.86. The number of allylic oxidation sites excluding steroid dienone is 3. The van der Waals surface area contributed by atoms with Crippen LogP contribution in [0.5, 0.6) is 0 Å². The first-order valence-corrected chi connectivity index (χ1v) is 10.3. The smallest absolute Gasteiger partial charge is 0.330 e. The summed E-state index contributed by atoms with van der Waals surface area (Å²) in [4.78, 5) is 11.4. The number of benzene rings is 2. The molecule has 1 unspecified atom stereocenters. The molecule has 0 aliphatic heterocycles. The SMILES string of the molecule is C=CC(=O)OCCc1cc(CO)ccc1-c1ccc(C2C=CC(N)=CC2)c(CC)c1. The lowest BCUT2D eigenvalue weighted by Gasteiger charge is -2.20. The van der Waals surface area contributed by atoms with E-state index in [2.05, 4.69) is 43.9 Å². The quantitative estimate of drug-likeness (QED) is 0.500. The van der Waals surface area contributed by atoms with Gasteiger partial charge in [-0.2, -0.15) is 0 Å². The number of rotatable bonds is 8. The van der Waals surface area contributed by atoms with Crippen molar-refractivity contribution in [2.45, 2.75) is 38.7 Å². The molecule has 30 heavy (non-hydrogen) atoms. The summed E-state index contributed by atoms with van der Waals surface area (Å²) in [6, 6.07) is 12.6. The summed E-state index contributed by atoms with van der Waals surface area (Å²) in [6.07, 6.45) is 9.83. The van der Waals surface area contributed by atoms with Crippen molar-refractivity contribution in [1.29, 1.82) is 0 Å². The summed E-state index contributed by atoms with van der Waals surface area (Å²) >= 11 is 0. The van der Waals surface area contributed by atoms with Gasteiger partial charge in [-0.05, 0) is 52.3 Å². The topological polar surface area (TPSA) is 72.5 Å². The van der Waals surface area contributed by atoms with E-state index in [0.717, 1.165) is 40.8 Å². The Balaban J connectivity index is 1.91. The van der Waals surface area contributed by atoms with Crippen molar-refractivity contribution in [3.05, 3.63) is 95.2 Å². The van der Waals surface area contributed by atoms with E-state index in [1.807, 2.05) is 24.3 Å². The number of aryl methyl sites for hydroxylation is 1. The third-order valence-corrected chi connectivity index (χ3v) is 5.50. The van der Waals surface area contributed by atoms with E-state index in [1.165, 1.54) is 17.2 Å². The van der Waals surface area contributed by atoms with Gasteiger partial charge in [-0.3, -0.25) is 0 Å². The van der Waals surface area contributed by atoms with Crippen LogP contribution in [0.1, 0.15) is 41.5 Å². The minimum Gasteiger partial charge on any atom is -0.462 e. The van der Waals surface area contributed by atoms with Gasteiger partial charge in [-0.1, -0.05) is 62.1 Å². The normalized spacial score (nSPS) is 15.5. The molecule has 1 atom stereocenters. The number of aliphatic hydroxyl groups excluding tert-OH is 1. The number of ether oxygens (including phenoxy) is 1. The van der Waals surface area contributed by atoms with Crippen LogP contribution >= 0.6 is 0 Å². The van der Waals surface area contributed by atoms with Crippen LogP contribution in [0.4, 0.5) is 0 Å². The zero-order valence-corrected chi connectivity index (χ0v) is 17.4. The lowest BCUT2D eigenvalue weighted by molar-refractivity contribution is -0.137. The van der Waals surface area contributed by atoms with Gasteiger partial charge in [0.05, 0.1) is 13.2 Å². The lowest BCUT2D eigenvalue weighted by atomic mass is 9.85. The van der Waals surface area contributed by atoms with Crippen molar-refractivity contribution < 1.29 is 14.6 Å². The van der Waals surface area contributed by atoms with E-state index in [-0.39, 0.29) is 13.2 Å². The summed E-state index contributed by atoms with van der Waals surface area (Å²) in [5.41, 5.74) is 13.4. The molecule has 1 aliphatic carbocycles. The highest BCUT2D eigenvalue weighted by Gasteiger charge is 2.16. The molecule has 0 heterocycles. The van der Waals surface area contributed by atoms with Crippen molar-refractivity contribution in [3.63, 3.8) is 0 Å². The first-order chi connectivity index (χ1) is 14.5. The number of carbonyl (C=O) groups is 1. The molecule has 0 radical (unpaired) electrons. The summed E-state index contributed by atoms with van der Waals surface area (Å²) in [5, 5.41) is 9.54. The van der Waals surface area contributed by atoms with Crippen LogP contribution in [0, 0.1) is 0 Å². The molecule has 0 saturated heterocycles. The Hall–Kier alpha value is -3.11. The molecule has 4 heteroatoms. The maximum Gasteiger partial charge on any atom is 0.330 e. The molecule has 0 bridgehead atoms. The second kappa shape index (κ2) is 10.1. The number of hydrogen-bond donors (Lipinski definition) is 2. The molecule has 0 spiro atoms. The first kappa shape index (κ1) is 21.6. The zero-order chi connectivity index (χ0) is 21.5. The van der Waals surface area contributed by atoms with Crippen LogP contribution in [0.15, 0.2) is 73.0 Å². The number of carbonyl (C=O) groups excluding carboxylic acids is 1. The second-order valence-corrected chi connectivity index (χ2v) is 7.44. The van der Waals surface area contributed by atoms with Gasteiger partial charge in [0, 0.05) is 24.1 Å². The lowest BCUT2D eigenvalue weighted by Crippen LogP contribution is -2.07. The van der Waals surface area contributed by atoms with Gasteiger partial charge in [0.15, 0.2) is 0 Å². The molecule has 0 saturated carbocycles. The number of aliphatic hydroxyl groups is 1. The van der Waals surface area contributed by atoms with Crippen LogP contribution in [0.2, 0.25) is 0 Å². The fourth-order valence-corrected chi connectivity index (χ4v) is 3.86. The van der Waals surface area contributed by atoms with E-state index < -0.39 is 5.97 Å². The Kier molecular flexibility index (Phi) is 7.26. The van der Waals surface area contributed by atoms with Gasteiger partial charge in [0.25, 0.3) is 0 Å². The minimum atomic E-state index is -0.428. The predicted octanol–water partition coefficient (Wildman–Crippen LogP) is 4.57. The first-order valence-electron chi connectivity index (χ1n) is 10.3. The largest absolute Gasteiger partial charge is 0.462 e. The van der Waals surface area contributed by atoms with Crippen LogP contribution in [0.25, 0.3) is 11.1 Å². The number of nitrogens with two attached hydrogens (primary N) is 1. The maximum absolute atomic E-state index is 11.4. The van der Waals surface area contributed by atoms with Crippen LogP contribution in [-0.4, -0.2) is 17.7 Å². The molecule has 156 valence electrons. The second-order valence-electron chi connectivity index (χ2n) is 7.44. The predicted molar refractivity (Wildman–Crippen MR) is 121 cm³/mol. The van der Waals surface area contributed by atoms with Crippen molar-refractivity contribution in [2.24, 2.45) is 5.73 Å². The molecule has 0 amide bonds. The van der Waals surface area contributed by atoms with Gasteiger partial charge in [0.1, 0.15) is 0 Å². The van der Waals surface area contributed by atoms with Gasteiger partial charge in [0.2, 0.25) is 0 Å². The van der Waals surface area contributed by atoms with Crippen molar-refractivity contribution in [2.75, 3.05) is 6.61 Å². The third kappa shape index (κ3) is 5.08. The van der Waals surface area contributed by atoms with Crippen molar-refractivity contribution >= 4 is 5.97 Å². The maximum atomic E-state index is 11.4. The van der Waals surface area contributed by atoms with Crippen LogP contribution in [-0.2, 0) is 29.0 Å². The molecular weight excluding hydrogens is 374 g/mol. The number of esters is 1. The Morgan fingerprint density at radius 2 is 2.10 bits per heavy atom. The monoisotopic (exact) mass is 403 g/mol. The van der Waals surface area contributed by atoms with E-state index in [0.29, 0.717) is 12.3 Å². The van der Waals surface area contributed by atoms with Gasteiger partial charge >= 0.3 is 5.97 Å². The Morgan fingerprint density at radius 1 is 1.27 bits per heavy atom. The van der Waals surface area contributed by atoms with Gasteiger partial charge in [-0.25, -0.2) is 4.79 Å². The molecule has 3 N–H and O–H groups in total. The van der Waals surface area contributed by atoms with Gasteiger partial charge in [-0.15, -0.1) is 0 Å². The zero-order valence-electron chi connectivity index (χ0n) is 17.4. The standard InChI is InChI=1S/C26H29NO3/c1-3-19-16-21(8-12-24(19)20-6-9-23(27)10-7-20)25-11-5-18(17-28)15-22(25)13-14-30-26(29)4-2/h4-6,8-12,15-16,20,28H,2-3,7,13-14,17,27H2,1H3. The molecule has 2 aromatic rings. The molecule has 3 rings (SSSR count). The molecule has 0 fully saturated rings. The van der Waals surface area contributed by atoms with E-state index in [9.17, 15) is 9.90 Å². The molecule has 1 aliphatic rings. The minimum absolute atomic E-state index is 0.0243. The summed E-state index contributed by atoms with van der Waals surface area (Å²) < 4.78 is 5.17. The van der Waals surface area contributed by atoms with Crippen LogP contribution < -0.4 is 5.73 Å². The van der Waals surface area contributed by atoms with E-state index in [4.69, 9.17) is 10.5 Å². The van der Waals surface area contributed by atoms with Gasteiger partial charge < -0.3 is 15.6 Å². The molecule has 4 nitrogen and oxygen atoms in total. The van der Waals surface area contributed by atoms with Crippen molar-refractivity contribution in [1.82, 2.24) is 0 Å². The highest BCUT2D eigenvalue weighted by Crippen LogP contribution is 2.33. The third-order valence-electron chi connectivity index (χ3n) is 5.50. The summed E-state index contributed by atoms with van der Waals surface area (Å²) in [6.45, 7) is 5.84. The molecule has 0 aromatic heterocycles.